The van der Waals surface area contributed by atoms with E-state index in [0.29, 0.717) is 35.1 Å². The van der Waals surface area contributed by atoms with Crippen LogP contribution in [-0.4, -0.2) is 52.5 Å². The SMILES string of the molecule is COC1CN(C(=O)c2c(C)nc3ccc(Cl)cn23)CCC1N. The van der Waals surface area contributed by atoms with Crippen molar-refractivity contribution in [3.63, 3.8) is 0 Å². The lowest BCUT2D eigenvalue weighted by Crippen LogP contribution is -2.53. The molecule has 0 aliphatic carbocycles. The highest BCUT2D eigenvalue weighted by molar-refractivity contribution is 6.30. The number of methoxy groups -OCH3 is 1. The molecule has 1 amide bonds. The lowest BCUT2D eigenvalue weighted by atomic mass is 10.0. The number of carbonyl (C=O) groups is 1. The molecule has 1 aliphatic rings. The number of nitrogens with zero attached hydrogens (tertiary/aromatic N) is 3. The molecule has 2 aromatic rings. The van der Waals surface area contributed by atoms with E-state index in [-0.39, 0.29) is 18.1 Å². The summed E-state index contributed by atoms with van der Waals surface area (Å²) < 4.78 is 7.12. The number of ether oxygens (including phenoxy) is 1. The van der Waals surface area contributed by atoms with Crippen LogP contribution in [0.3, 0.4) is 0 Å². The third-order valence-electron chi connectivity index (χ3n) is 4.16. The molecule has 1 fully saturated rings. The van der Waals surface area contributed by atoms with Gasteiger partial charge in [-0.15, -0.1) is 0 Å². The van der Waals surface area contributed by atoms with Crippen LogP contribution in [0.1, 0.15) is 22.6 Å². The van der Waals surface area contributed by atoms with Gasteiger partial charge in [0.15, 0.2) is 0 Å². The van der Waals surface area contributed by atoms with Gasteiger partial charge in [-0.05, 0) is 25.5 Å². The number of hydrogen-bond acceptors (Lipinski definition) is 4. The summed E-state index contributed by atoms with van der Waals surface area (Å²) >= 11 is 6.05. The smallest absolute Gasteiger partial charge is 0.272 e. The first-order chi connectivity index (χ1) is 10.5. The van der Waals surface area contributed by atoms with Crippen molar-refractivity contribution in [1.29, 1.82) is 0 Å². The molecule has 0 bridgehead atoms. The van der Waals surface area contributed by atoms with Crippen LogP contribution in [0.5, 0.6) is 0 Å². The van der Waals surface area contributed by atoms with E-state index in [1.807, 2.05) is 6.92 Å². The number of hydrogen-bond donors (Lipinski definition) is 1. The van der Waals surface area contributed by atoms with Gasteiger partial charge in [0.1, 0.15) is 11.3 Å². The van der Waals surface area contributed by atoms with Crippen LogP contribution in [0.4, 0.5) is 0 Å². The molecule has 2 N–H and O–H groups in total. The molecule has 1 aliphatic heterocycles. The molecule has 2 aromatic heterocycles. The predicted molar refractivity (Wildman–Crippen MR) is 84.2 cm³/mol. The topological polar surface area (TPSA) is 72.9 Å². The maximum atomic E-state index is 12.9. The van der Waals surface area contributed by atoms with E-state index >= 15 is 0 Å². The van der Waals surface area contributed by atoms with E-state index in [1.165, 1.54) is 0 Å². The van der Waals surface area contributed by atoms with Crippen LogP contribution in [0.25, 0.3) is 5.65 Å². The Labute approximate surface area is 133 Å². The molecule has 0 aromatic carbocycles. The molecule has 2 atom stereocenters. The largest absolute Gasteiger partial charge is 0.378 e. The number of likely N-dealkylation sites (tertiary alicyclic amines) is 1. The lowest BCUT2D eigenvalue weighted by molar-refractivity contribution is 0.0158. The summed E-state index contributed by atoms with van der Waals surface area (Å²) in [6.45, 7) is 2.94. The third kappa shape index (κ3) is 2.58. The molecule has 0 radical (unpaired) electrons. The maximum Gasteiger partial charge on any atom is 0.272 e. The molecule has 3 rings (SSSR count). The number of aryl methyl sites for hydroxylation is 1. The minimum atomic E-state index is -0.138. The summed E-state index contributed by atoms with van der Waals surface area (Å²) in [6, 6.07) is 3.53. The third-order valence-corrected chi connectivity index (χ3v) is 4.38. The van der Waals surface area contributed by atoms with E-state index < -0.39 is 0 Å². The molecular weight excluding hydrogens is 304 g/mol. The van der Waals surface area contributed by atoms with Gasteiger partial charge in [0.2, 0.25) is 0 Å². The summed E-state index contributed by atoms with van der Waals surface area (Å²) in [6.07, 6.45) is 2.30. The average Bonchev–Trinajstić information content (AvgIpc) is 2.82. The molecule has 1 saturated heterocycles. The highest BCUT2D eigenvalue weighted by atomic mass is 35.5. The predicted octanol–water partition coefficient (Wildman–Crippen LogP) is 1.48. The molecule has 2 unspecified atom stereocenters. The van der Waals surface area contributed by atoms with E-state index in [9.17, 15) is 4.79 Å². The van der Waals surface area contributed by atoms with Crippen molar-refractivity contribution < 1.29 is 9.53 Å². The Bertz CT molecular complexity index is 715. The number of halogens is 1. The number of amides is 1. The Kier molecular flexibility index (Phi) is 4.08. The van der Waals surface area contributed by atoms with Gasteiger partial charge >= 0.3 is 0 Å². The molecule has 0 saturated carbocycles. The summed E-state index contributed by atoms with van der Waals surface area (Å²) in [7, 11) is 1.62. The molecule has 6 nitrogen and oxygen atoms in total. The number of nitrogens with two attached hydrogens (primary N) is 1. The van der Waals surface area contributed by atoms with Gasteiger partial charge in [-0.25, -0.2) is 4.98 Å². The first-order valence-electron chi connectivity index (χ1n) is 7.23. The summed E-state index contributed by atoms with van der Waals surface area (Å²) in [5.41, 5.74) is 7.96. The van der Waals surface area contributed by atoms with E-state index in [4.69, 9.17) is 22.1 Å². The Morgan fingerprint density at radius 1 is 1.50 bits per heavy atom. The minimum Gasteiger partial charge on any atom is -0.378 e. The first-order valence-corrected chi connectivity index (χ1v) is 7.61. The fraction of sp³-hybridized carbons (Fsp3) is 0.467. The molecular formula is C15H19ClN4O2. The van der Waals surface area contributed by atoms with E-state index in [2.05, 4.69) is 4.98 Å². The number of imidazole rings is 1. The highest BCUT2D eigenvalue weighted by Crippen LogP contribution is 2.20. The summed E-state index contributed by atoms with van der Waals surface area (Å²) in [4.78, 5) is 19.1. The molecule has 22 heavy (non-hydrogen) atoms. The van der Waals surface area contributed by atoms with Gasteiger partial charge in [-0.1, -0.05) is 11.6 Å². The second kappa shape index (κ2) is 5.87. The molecule has 0 spiro atoms. The first kappa shape index (κ1) is 15.3. The number of aromatic nitrogens is 2. The number of piperidine rings is 1. The lowest BCUT2D eigenvalue weighted by Gasteiger charge is -2.35. The van der Waals surface area contributed by atoms with Gasteiger partial charge in [0, 0.05) is 32.4 Å². The van der Waals surface area contributed by atoms with Crippen molar-refractivity contribution in [2.75, 3.05) is 20.2 Å². The Morgan fingerprint density at radius 3 is 3.00 bits per heavy atom. The zero-order valence-corrected chi connectivity index (χ0v) is 13.4. The highest BCUT2D eigenvalue weighted by Gasteiger charge is 2.31. The second-order valence-electron chi connectivity index (χ2n) is 5.60. The van der Waals surface area contributed by atoms with Gasteiger partial charge in [0.05, 0.1) is 16.8 Å². The van der Waals surface area contributed by atoms with Gasteiger partial charge in [-0.3, -0.25) is 9.20 Å². The normalized spacial score (nSPS) is 22.3. The number of rotatable bonds is 2. The fourth-order valence-corrected chi connectivity index (χ4v) is 3.07. The second-order valence-corrected chi connectivity index (χ2v) is 6.04. The van der Waals surface area contributed by atoms with Crippen LogP contribution < -0.4 is 5.73 Å². The van der Waals surface area contributed by atoms with Crippen molar-refractivity contribution in [3.8, 4) is 0 Å². The molecule has 3 heterocycles. The van der Waals surface area contributed by atoms with Crippen molar-refractivity contribution in [1.82, 2.24) is 14.3 Å². The number of carbonyl (C=O) groups excluding carboxylic acids is 1. The molecule has 118 valence electrons. The maximum absolute atomic E-state index is 12.9. The quantitative estimate of drug-likeness (QED) is 0.909. The van der Waals surface area contributed by atoms with Crippen molar-refractivity contribution in [2.45, 2.75) is 25.5 Å². The Balaban J connectivity index is 1.95. The van der Waals surface area contributed by atoms with Crippen LogP contribution in [0, 0.1) is 6.92 Å². The van der Waals surface area contributed by atoms with Crippen molar-refractivity contribution in [3.05, 3.63) is 34.7 Å². The Hall–Kier alpha value is -1.63. The average molecular weight is 323 g/mol. The summed E-state index contributed by atoms with van der Waals surface area (Å²) in [5.74, 6) is -0.0683. The number of pyridine rings is 1. The van der Waals surface area contributed by atoms with Gasteiger partial charge in [0.25, 0.3) is 5.91 Å². The standard InChI is InChI=1S/C15H19ClN4O2/c1-9-14(20-7-10(16)3-4-13(20)18-9)15(21)19-6-5-11(17)12(8-19)22-2/h3-4,7,11-12H,5-6,8,17H2,1-2H3. The van der Waals surface area contributed by atoms with Crippen LogP contribution in [-0.2, 0) is 4.74 Å². The summed E-state index contributed by atoms with van der Waals surface area (Å²) in [5, 5.41) is 0.564. The Morgan fingerprint density at radius 2 is 2.27 bits per heavy atom. The number of fused-ring (bicyclic) bond motifs is 1. The molecule has 7 heteroatoms. The fourth-order valence-electron chi connectivity index (χ4n) is 2.91. The van der Waals surface area contributed by atoms with Gasteiger partial charge in [-0.2, -0.15) is 0 Å². The van der Waals surface area contributed by atoms with E-state index in [1.54, 1.807) is 34.7 Å². The zero-order valence-electron chi connectivity index (χ0n) is 12.6. The van der Waals surface area contributed by atoms with Crippen molar-refractivity contribution in [2.24, 2.45) is 5.73 Å². The van der Waals surface area contributed by atoms with Crippen LogP contribution in [0.15, 0.2) is 18.3 Å². The van der Waals surface area contributed by atoms with Crippen LogP contribution >= 0.6 is 11.6 Å². The monoisotopic (exact) mass is 322 g/mol. The van der Waals surface area contributed by atoms with Gasteiger partial charge < -0.3 is 15.4 Å². The van der Waals surface area contributed by atoms with Crippen molar-refractivity contribution >= 4 is 23.2 Å². The van der Waals surface area contributed by atoms with E-state index in [0.717, 1.165) is 6.42 Å². The minimum absolute atomic E-state index is 0.0354. The van der Waals surface area contributed by atoms with Crippen LogP contribution in [0.2, 0.25) is 5.02 Å². The zero-order chi connectivity index (χ0) is 15.9.